The number of hydrogen-bond donors (Lipinski definition) is 1. The van der Waals surface area contributed by atoms with Gasteiger partial charge in [0.2, 0.25) is 0 Å². The lowest BCUT2D eigenvalue weighted by molar-refractivity contribution is 0.588. The molecule has 2 atom stereocenters. The zero-order valence-electron chi connectivity index (χ0n) is 10.6. The summed E-state index contributed by atoms with van der Waals surface area (Å²) in [5.74, 6) is 0.637. The van der Waals surface area contributed by atoms with Crippen molar-refractivity contribution in [3.05, 3.63) is 35.4 Å². The lowest BCUT2D eigenvalue weighted by Gasteiger charge is -2.20. The second-order valence-electron chi connectivity index (χ2n) is 5.97. The molecule has 0 spiro atoms. The first-order valence-corrected chi connectivity index (χ1v) is 5.74. The molecule has 0 bridgehead atoms. The van der Waals surface area contributed by atoms with Crippen molar-refractivity contribution < 1.29 is 0 Å². The minimum Gasteiger partial charge on any atom is -0.321 e. The number of rotatable bonds is 1. The summed E-state index contributed by atoms with van der Waals surface area (Å²) in [5.41, 5.74) is 9.14. The van der Waals surface area contributed by atoms with Crippen molar-refractivity contribution in [1.82, 2.24) is 0 Å². The van der Waals surface area contributed by atoms with Crippen LogP contribution in [-0.4, -0.2) is 0 Å². The Bertz CT molecular complexity index is 363. The van der Waals surface area contributed by atoms with E-state index in [2.05, 4.69) is 52.0 Å². The van der Waals surface area contributed by atoms with Crippen molar-refractivity contribution >= 4 is 12.4 Å². The number of halogens is 1. The molecule has 0 amide bonds. The van der Waals surface area contributed by atoms with Gasteiger partial charge in [0, 0.05) is 5.54 Å². The Balaban J connectivity index is 0.00000128. The van der Waals surface area contributed by atoms with Crippen LogP contribution in [0.3, 0.4) is 0 Å². The van der Waals surface area contributed by atoms with E-state index in [4.69, 9.17) is 5.73 Å². The van der Waals surface area contributed by atoms with Gasteiger partial charge in [-0.2, -0.15) is 0 Å². The second kappa shape index (κ2) is 4.05. The van der Waals surface area contributed by atoms with Crippen LogP contribution in [0.4, 0.5) is 0 Å². The summed E-state index contributed by atoms with van der Waals surface area (Å²) in [6, 6.07) is 8.83. The molecule has 0 aromatic heterocycles. The van der Waals surface area contributed by atoms with Crippen LogP contribution in [0.2, 0.25) is 0 Å². The first kappa shape index (κ1) is 13.5. The molecule has 0 unspecified atom stereocenters. The Hall–Kier alpha value is -0.530. The summed E-state index contributed by atoms with van der Waals surface area (Å²) in [4.78, 5) is 0. The maximum absolute atomic E-state index is 6.27. The highest BCUT2D eigenvalue weighted by atomic mass is 35.5. The first-order valence-electron chi connectivity index (χ1n) is 5.74. The lowest BCUT2D eigenvalue weighted by Crippen LogP contribution is -2.21. The topological polar surface area (TPSA) is 26.0 Å². The zero-order chi connectivity index (χ0) is 11.3. The summed E-state index contributed by atoms with van der Waals surface area (Å²) in [5, 5.41) is 0. The van der Waals surface area contributed by atoms with Crippen molar-refractivity contribution in [1.29, 1.82) is 0 Å². The summed E-state index contributed by atoms with van der Waals surface area (Å²) in [6.07, 6.45) is 1.13. The van der Waals surface area contributed by atoms with Crippen molar-refractivity contribution in [3.8, 4) is 0 Å². The Morgan fingerprint density at radius 1 is 1.19 bits per heavy atom. The molecule has 0 saturated heterocycles. The van der Waals surface area contributed by atoms with Crippen LogP contribution in [0, 0.1) is 5.92 Å². The highest BCUT2D eigenvalue weighted by molar-refractivity contribution is 5.85. The van der Waals surface area contributed by atoms with Crippen LogP contribution < -0.4 is 5.73 Å². The highest BCUT2D eigenvalue weighted by Gasteiger charge is 2.48. The minimum atomic E-state index is -0.0313. The van der Waals surface area contributed by atoms with Gasteiger partial charge < -0.3 is 5.73 Å². The molecular weight excluding hydrogens is 218 g/mol. The van der Waals surface area contributed by atoms with Crippen LogP contribution in [0.25, 0.3) is 0 Å². The quantitative estimate of drug-likeness (QED) is 0.796. The maximum atomic E-state index is 6.27. The lowest BCUT2D eigenvalue weighted by atomic mass is 9.86. The van der Waals surface area contributed by atoms with E-state index < -0.39 is 0 Å². The molecule has 90 valence electrons. The molecule has 2 N–H and O–H groups in total. The number of nitrogens with two attached hydrogens (primary N) is 1. The fraction of sp³-hybridized carbons (Fsp3) is 0.571. The largest absolute Gasteiger partial charge is 0.321 e. The molecule has 1 aromatic carbocycles. The van der Waals surface area contributed by atoms with E-state index >= 15 is 0 Å². The molecule has 0 heterocycles. The number of hydrogen-bond acceptors (Lipinski definition) is 1. The van der Waals surface area contributed by atoms with Crippen molar-refractivity contribution in [2.24, 2.45) is 11.7 Å². The first-order chi connectivity index (χ1) is 6.84. The van der Waals surface area contributed by atoms with Gasteiger partial charge in [0.25, 0.3) is 0 Å². The third kappa shape index (κ3) is 2.26. The van der Waals surface area contributed by atoms with Gasteiger partial charge >= 0.3 is 0 Å². The van der Waals surface area contributed by atoms with Crippen LogP contribution in [0.15, 0.2) is 24.3 Å². The second-order valence-corrected chi connectivity index (χ2v) is 5.97. The molecule has 1 aromatic rings. The van der Waals surface area contributed by atoms with Crippen LogP contribution in [-0.2, 0) is 11.0 Å². The zero-order valence-corrected chi connectivity index (χ0v) is 11.4. The molecule has 1 fully saturated rings. The molecule has 0 aliphatic heterocycles. The standard InChI is InChI=1S/C14H21N.ClH/c1-10-9-14(10,15)12-7-5-11(6-8-12)13(2,3)4;/h5-8,10H,9,15H2,1-4H3;1H/t10-,14-;/m0./s1. The van der Waals surface area contributed by atoms with Gasteiger partial charge in [0.1, 0.15) is 0 Å². The third-order valence-electron chi connectivity index (χ3n) is 3.65. The molecule has 16 heavy (non-hydrogen) atoms. The van der Waals surface area contributed by atoms with E-state index in [0.29, 0.717) is 5.92 Å². The van der Waals surface area contributed by atoms with Gasteiger partial charge in [-0.05, 0) is 28.9 Å². The van der Waals surface area contributed by atoms with E-state index in [1.165, 1.54) is 11.1 Å². The van der Waals surface area contributed by atoms with Crippen molar-refractivity contribution in [2.45, 2.75) is 45.1 Å². The number of benzene rings is 1. The monoisotopic (exact) mass is 239 g/mol. The van der Waals surface area contributed by atoms with E-state index in [1.807, 2.05) is 0 Å². The average molecular weight is 240 g/mol. The fourth-order valence-corrected chi connectivity index (χ4v) is 2.13. The van der Waals surface area contributed by atoms with E-state index in [-0.39, 0.29) is 23.4 Å². The van der Waals surface area contributed by atoms with Gasteiger partial charge in [0.15, 0.2) is 0 Å². The maximum Gasteiger partial charge on any atom is 0.0439 e. The van der Waals surface area contributed by atoms with E-state index in [1.54, 1.807) is 0 Å². The Morgan fingerprint density at radius 2 is 1.62 bits per heavy atom. The summed E-state index contributed by atoms with van der Waals surface area (Å²) in [6.45, 7) is 8.93. The predicted molar refractivity (Wildman–Crippen MR) is 72.0 cm³/mol. The highest BCUT2D eigenvalue weighted by Crippen LogP contribution is 2.49. The van der Waals surface area contributed by atoms with Gasteiger partial charge in [-0.3, -0.25) is 0 Å². The van der Waals surface area contributed by atoms with E-state index in [0.717, 1.165) is 6.42 Å². The van der Waals surface area contributed by atoms with Crippen molar-refractivity contribution in [2.75, 3.05) is 0 Å². The van der Waals surface area contributed by atoms with Gasteiger partial charge in [-0.15, -0.1) is 12.4 Å². The molecule has 2 heteroatoms. The van der Waals surface area contributed by atoms with Crippen LogP contribution >= 0.6 is 12.4 Å². The average Bonchev–Trinajstić information content (AvgIpc) is 2.75. The minimum absolute atomic E-state index is 0. The Morgan fingerprint density at radius 3 is 1.94 bits per heavy atom. The Labute approximate surface area is 105 Å². The normalized spacial score (nSPS) is 28.4. The van der Waals surface area contributed by atoms with E-state index in [9.17, 15) is 0 Å². The SMILES string of the molecule is C[C@H]1C[C@@]1(N)c1ccc(C(C)(C)C)cc1.Cl. The van der Waals surface area contributed by atoms with Crippen LogP contribution in [0.5, 0.6) is 0 Å². The summed E-state index contributed by atoms with van der Waals surface area (Å²) < 4.78 is 0. The smallest absolute Gasteiger partial charge is 0.0439 e. The molecule has 1 aliphatic carbocycles. The van der Waals surface area contributed by atoms with Gasteiger partial charge in [-0.25, -0.2) is 0 Å². The molecule has 0 radical (unpaired) electrons. The van der Waals surface area contributed by atoms with Gasteiger partial charge in [-0.1, -0.05) is 52.0 Å². The van der Waals surface area contributed by atoms with Gasteiger partial charge in [0.05, 0.1) is 0 Å². The molecule has 1 saturated carbocycles. The third-order valence-corrected chi connectivity index (χ3v) is 3.65. The molecular formula is C14H22ClN. The molecule has 1 nitrogen and oxygen atoms in total. The fourth-order valence-electron chi connectivity index (χ4n) is 2.13. The van der Waals surface area contributed by atoms with Crippen molar-refractivity contribution in [3.63, 3.8) is 0 Å². The van der Waals surface area contributed by atoms with Crippen LogP contribution in [0.1, 0.15) is 45.2 Å². The molecule has 2 rings (SSSR count). The predicted octanol–water partition coefficient (Wildman–Crippen LogP) is 3.60. The Kier molecular flexibility index (Phi) is 3.42. The summed E-state index contributed by atoms with van der Waals surface area (Å²) in [7, 11) is 0. The molecule has 1 aliphatic rings. The summed E-state index contributed by atoms with van der Waals surface area (Å²) >= 11 is 0.